The Labute approximate surface area is 70.0 Å². The fraction of sp³-hybridized carbons (Fsp3) is 0.500. The molecule has 11 heavy (non-hydrogen) atoms. The molecule has 62 valence electrons. The van der Waals surface area contributed by atoms with E-state index in [4.69, 9.17) is 5.73 Å². The first-order valence-corrected chi connectivity index (χ1v) is 4.39. The molecule has 1 aromatic rings. The maximum atomic E-state index is 13.5. The fourth-order valence-electron chi connectivity index (χ4n) is 1.04. The zero-order valence-corrected chi connectivity index (χ0v) is 7.54. The van der Waals surface area contributed by atoms with E-state index in [1.807, 2.05) is 12.3 Å². The summed E-state index contributed by atoms with van der Waals surface area (Å²) >= 11 is 1.55. The van der Waals surface area contributed by atoms with Gasteiger partial charge in [0.2, 0.25) is 0 Å². The number of rotatable bonds is 2. The number of hydrogen-bond acceptors (Lipinski definition) is 2. The number of aryl methyl sites for hydroxylation is 1. The lowest BCUT2D eigenvalue weighted by atomic mass is 9.99. The zero-order chi connectivity index (χ0) is 8.48. The van der Waals surface area contributed by atoms with Crippen LogP contribution in [0.3, 0.4) is 0 Å². The van der Waals surface area contributed by atoms with Crippen LogP contribution in [-0.2, 0) is 5.67 Å². The molecule has 1 rings (SSSR count). The van der Waals surface area contributed by atoms with Gasteiger partial charge in [-0.3, -0.25) is 0 Å². The third kappa shape index (κ3) is 1.60. The molecule has 0 saturated heterocycles. The molecule has 0 amide bonds. The highest BCUT2D eigenvalue weighted by atomic mass is 32.1. The van der Waals surface area contributed by atoms with Crippen molar-refractivity contribution in [2.45, 2.75) is 19.5 Å². The van der Waals surface area contributed by atoms with E-state index in [-0.39, 0.29) is 6.54 Å². The second-order valence-corrected chi connectivity index (χ2v) is 3.91. The topological polar surface area (TPSA) is 26.0 Å². The van der Waals surface area contributed by atoms with Crippen LogP contribution in [0.25, 0.3) is 0 Å². The molecule has 3 heteroatoms. The summed E-state index contributed by atoms with van der Waals surface area (Å²) in [6, 6.07) is 1.80. The van der Waals surface area contributed by atoms with Gasteiger partial charge in [0, 0.05) is 17.0 Å². The Bertz CT molecular complexity index is 242. The average molecular weight is 173 g/mol. The molecular weight excluding hydrogens is 161 g/mol. The first-order valence-electron chi connectivity index (χ1n) is 3.51. The molecule has 0 radical (unpaired) electrons. The number of thiophene rings is 1. The largest absolute Gasteiger partial charge is 0.327 e. The minimum atomic E-state index is -1.36. The van der Waals surface area contributed by atoms with Crippen LogP contribution in [0, 0.1) is 6.92 Å². The highest BCUT2D eigenvalue weighted by Crippen LogP contribution is 2.29. The third-order valence-electron chi connectivity index (χ3n) is 1.80. The van der Waals surface area contributed by atoms with Crippen LogP contribution >= 0.6 is 11.3 Å². The Morgan fingerprint density at radius 3 is 2.73 bits per heavy atom. The Balaban J connectivity index is 3.00. The maximum Gasteiger partial charge on any atom is 0.146 e. The molecule has 0 bridgehead atoms. The van der Waals surface area contributed by atoms with Gasteiger partial charge in [-0.2, -0.15) is 0 Å². The maximum absolute atomic E-state index is 13.5. The molecule has 1 atom stereocenters. The van der Waals surface area contributed by atoms with Crippen LogP contribution in [-0.4, -0.2) is 6.54 Å². The molecule has 0 aliphatic heterocycles. The van der Waals surface area contributed by atoms with Gasteiger partial charge in [0.25, 0.3) is 0 Å². The van der Waals surface area contributed by atoms with Gasteiger partial charge in [-0.15, -0.1) is 11.3 Å². The molecule has 1 unspecified atom stereocenters. The van der Waals surface area contributed by atoms with Crippen molar-refractivity contribution >= 4 is 11.3 Å². The summed E-state index contributed by atoms with van der Waals surface area (Å²) in [6.45, 7) is 3.47. The van der Waals surface area contributed by atoms with Crippen LogP contribution in [0.5, 0.6) is 0 Å². The van der Waals surface area contributed by atoms with Gasteiger partial charge in [-0.25, -0.2) is 4.39 Å². The Hall–Kier alpha value is -0.410. The minimum absolute atomic E-state index is 0.0462. The molecule has 0 aromatic carbocycles. The summed E-state index contributed by atoms with van der Waals surface area (Å²) in [5, 5.41) is 1.89. The highest BCUT2D eigenvalue weighted by Gasteiger charge is 2.25. The average Bonchev–Trinajstić information content (AvgIpc) is 2.36. The van der Waals surface area contributed by atoms with E-state index >= 15 is 0 Å². The lowest BCUT2D eigenvalue weighted by Crippen LogP contribution is -2.26. The number of nitrogens with two attached hydrogens (primary N) is 1. The van der Waals surface area contributed by atoms with Crippen molar-refractivity contribution in [1.29, 1.82) is 0 Å². The van der Waals surface area contributed by atoms with Crippen molar-refractivity contribution in [1.82, 2.24) is 0 Å². The third-order valence-corrected chi connectivity index (χ3v) is 2.65. The first kappa shape index (κ1) is 8.68. The second-order valence-electron chi connectivity index (χ2n) is 2.79. The Morgan fingerprint density at radius 1 is 1.73 bits per heavy atom. The van der Waals surface area contributed by atoms with Crippen LogP contribution in [0.15, 0.2) is 11.4 Å². The molecule has 0 aliphatic rings. The predicted octanol–water partition coefficient (Wildman–Crippen LogP) is 2.20. The van der Waals surface area contributed by atoms with Crippen LogP contribution in [0.2, 0.25) is 0 Å². The molecule has 1 aromatic heterocycles. The molecule has 0 aliphatic carbocycles. The van der Waals surface area contributed by atoms with Crippen molar-refractivity contribution in [3.8, 4) is 0 Å². The van der Waals surface area contributed by atoms with E-state index < -0.39 is 5.67 Å². The quantitative estimate of drug-likeness (QED) is 0.729. The molecule has 2 N–H and O–H groups in total. The summed E-state index contributed by atoms with van der Waals surface area (Å²) < 4.78 is 13.5. The van der Waals surface area contributed by atoms with E-state index in [2.05, 4.69) is 0 Å². The van der Waals surface area contributed by atoms with Gasteiger partial charge in [0.1, 0.15) is 5.67 Å². The monoisotopic (exact) mass is 173 g/mol. The van der Waals surface area contributed by atoms with Crippen LogP contribution < -0.4 is 5.73 Å². The molecule has 1 nitrogen and oxygen atoms in total. The predicted molar refractivity (Wildman–Crippen MR) is 46.6 cm³/mol. The summed E-state index contributed by atoms with van der Waals surface area (Å²) in [5.74, 6) is 0. The van der Waals surface area contributed by atoms with Gasteiger partial charge in [0.15, 0.2) is 0 Å². The van der Waals surface area contributed by atoms with Crippen LogP contribution in [0.1, 0.15) is 17.4 Å². The molecule has 0 saturated carbocycles. The first-order chi connectivity index (χ1) is 5.08. The summed E-state index contributed by atoms with van der Waals surface area (Å²) in [6.07, 6.45) is 0. The van der Waals surface area contributed by atoms with E-state index in [1.54, 1.807) is 17.4 Å². The van der Waals surface area contributed by atoms with E-state index in [1.165, 1.54) is 6.92 Å². The van der Waals surface area contributed by atoms with Crippen molar-refractivity contribution in [3.05, 3.63) is 21.9 Å². The standard InChI is InChI=1S/C8H12FNS/c1-6-7(3-4-11-6)8(2,9)5-10/h3-4H,5,10H2,1-2H3. The van der Waals surface area contributed by atoms with Gasteiger partial charge >= 0.3 is 0 Å². The molecule has 1 heterocycles. The lowest BCUT2D eigenvalue weighted by molar-refractivity contribution is 0.203. The normalized spacial score (nSPS) is 16.4. The second kappa shape index (κ2) is 2.91. The number of hydrogen-bond donors (Lipinski definition) is 1. The zero-order valence-electron chi connectivity index (χ0n) is 6.73. The Morgan fingerprint density at radius 2 is 2.36 bits per heavy atom. The summed E-state index contributed by atoms with van der Waals surface area (Å²) in [7, 11) is 0. The van der Waals surface area contributed by atoms with Gasteiger partial charge < -0.3 is 5.73 Å². The SMILES string of the molecule is Cc1sccc1C(C)(F)CN. The van der Waals surface area contributed by atoms with E-state index in [9.17, 15) is 4.39 Å². The van der Waals surface area contributed by atoms with Crippen molar-refractivity contribution in [2.75, 3.05) is 6.54 Å². The number of halogens is 1. The van der Waals surface area contributed by atoms with E-state index in [0.29, 0.717) is 0 Å². The number of alkyl halides is 1. The minimum Gasteiger partial charge on any atom is -0.327 e. The molecule has 0 fully saturated rings. The van der Waals surface area contributed by atoms with Gasteiger partial charge in [0.05, 0.1) is 0 Å². The van der Waals surface area contributed by atoms with Crippen molar-refractivity contribution < 1.29 is 4.39 Å². The van der Waals surface area contributed by atoms with Crippen molar-refractivity contribution in [3.63, 3.8) is 0 Å². The van der Waals surface area contributed by atoms with Crippen LogP contribution in [0.4, 0.5) is 4.39 Å². The van der Waals surface area contributed by atoms with E-state index in [0.717, 1.165) is 10.4 Å². The van der Waals surface area contributed by atoms with Gasteiger partial charge in [-0.1, -0.05) is 0 Å². The lowest BCUT2D eigenvalue weighted by Gasteiger charge is -2.17. The fourth-order valence-corrected chi connectivity index (χ4v) is 1.85. The molecule has 0 spiro atoms. The van der Waals surface area contributed by atoms with Gasteiger partial charge in [-0.05, 0) is 25.3 Å². The summed E-state index contributed by atoms with van der Waals surface area (Å²) in [5.41, 5.74) is 4.67. The smallest absolute Gasteiger partial charge is 0.146 e. The Kier molecular flexibility index (Phi) is 2.30. The van der Waals surface area contributed by atoms with Crippen molar-refractivity contribution in [2.24, 2.45) is 5.73 Å². The summed E-state index contributed by atoms with van der Waals surface area (Å²) in [4.78, 5) is 1.01. The molecular formula is C8H12FNS. The highest BCUT2D eigenvalue weighted by molar-refractivity contribution is 7.10.